The van der Waals surface area contributed by atoms with Crippen LogP contribution in [0, 0.1) is 0 Å². The molecule has 0 unspecified atom stereocenters. The fourth-order valence-corrected chi connectivity index (χ4v) is 1.32. The van der Waals surface area contributed by atoms with E-state index < -0.39 is 8.32 Å². The van der Waals surface area contributed by atoms with Gasteiger partial charge in [0.25, 0.3) is 0 Å². The lowest BCUT2D eigenvalue weighted by molar-refractivity contribution is -0.115. The number of ketones is 1. The number of hydrogen-bond donors (Lipinski definition) is 0. The topological polar surface area (TPSA) is 26.3 Å². The zero-order valence-corrected chi connectivity index (χ0v) is 8.02. The molecule has 0 spiro atoms. The molecule has 0 fully saturated rings. The summed E-state index contributed by atoms with van der Waals surface area (Å²) >= 11 is 0. The first-order chi connectivity index (χ1) is 4.33. The van der Waals surface area contributed by atoms with Gasteiger partial charge in [0, 0.05) is 6.92 Å². The summed E-state index contributed by atoms with van der Waals surface area (Å²) in [6.07, 6.45) is 0. The Bertz CT molecular complexity index is 155. The van der Waals surface area contributed by atoms with Crippen molar-refractivity contribution < 1.29 is 9.22 Å². The number of rotatable bonds is 3. The maximum Gasteiger partial charge on any atom is 0.242 e. The van der Waals surface area contributed by atoms with Crippen LogP contribution in [0.2, 0.25) is 19.6 Å². The molecule has 0 atom stereocenters. The van der Waals surface area contributed by atoms with Gasteiger partial charge in [-0.15, -0.1) is 0 Å². The van der Waals surface area contributed by atoms with Gasteiger partial charge in [-0.3, -0.25) is 4.79 Å². The minimum absolute atomic E-state index is 0.0811. The highest BCUT2D eigenvalue weighted by Crippen LogP contribution is 2.08. The molecule has 0 saturated heterocycles. The smallest absolute Gasteiger partial charge is 0.242 e. The van der Waals surface area contributed by atoms with Crippen LogP contribution in [0.4, 0.5) is 0 Å². The Hall–Kier alpha value is -0.573. The molecule has 0 rings (SSSR count). The highest BCUT2D eigenvalue weighted by atomic mass is 28.4. The summed E-state index contributed by atoms with van der Waals surface area (Å²) in [7, 11) is -1.60. The van der Waals surface area contributed by atoms with Crippen molar-refractivity contribution in [2.24, 2.45) is 0 Å². The van der Waals surface area contributed by atoms with Crippen molar-refractivity contribution in [1.82, 2.24) is 0 Å². The van der Waals surface area contributed by atoms with Gasteiger partial charge in [-0.1, -0.05) is 6.58 Å². The van der Waals surface area contributed by atoms with E-state index in [4.69, 9.17) is 4.43 Å². The molecular formula is C7H14O2Si. The molecule has 3 heteroatoms. The van der Waals surface area contributed by atoms with Crippen LogP contribution in [0.15, 0.2) is 12.3 Å². The van der Waals surface area contributed by atoms with Crippen LogP contribution < -0.4 is 0 Å². The second-order valence-corrected chi connectivity index (χ2v) is 7.62. The Morgan fingerprint density at radius 2 is 1.80 bits per heavy atom. The molecule has 0 aromatic carbocycles. The van der Waals surface area contributed by atoms with Crippen molar-refractivity contribution >= 4 is 14.1 Å². The van der Waals surface area contributed by atoms with Gasteiger partial charge < -0.3 is 4.43 Å². The third-order valence-corrected chi connectivity index (χ3v) is 1.68. The Morgan fingerprint density at radius 1 is 1.40 bits per heavy atom. The predicted molar refractivity (Wildman–Crippen MR) is 44.3 cm³/mol. The van der Waals surface area contributed by atoms with Gasteiger partial charge in [-0.25, -0.2) is 0 Å². The van der Waals surface area contributed by atoms with Crippen molar-refractivity contribution in [3.8, 4) is 0 Å². The number of allylic oxidation sites excluding steroid dienone is 1. The van der Waals surface area contributed by atoms with Gasteiger partial charge in [-0.2, -0.15) is 0 Å². The molecule has 0 aliphatic carbocycles. The fraction of sp³-hybridized carbons (Fsp3) is 0.571. The van der Waals surface area contributed by atoms with Crippen molar-refractivity contribution in [2.75, 3.05) is 0 Å². The molecule has 0 heterocycles. The Kier molecular flexibility index (Phi) is 2.84. The van der Waals surface area contributed by atoms with E-state index in [2.05, 4.69) is 6.58 Å². The molecule has 0 bridgehead atoms. The molecule has 2 nitrogen and oxygen atoms in total. The zero-order chi connectivity index (χ0) is 8.36. The highest BCUT2D eigenvalue weighted by Gasteiger charge is 2.18. The number of carbonyl (C=O) groups is 1. The lowest BCUT2D eigenvalue weighted by atomic mass is 10.4. The largest absolute Gasteiger partial charge is 0.542 e. The predicted octanol–water partition coefficient (Wildman–Crippen LogP) is 1.94. The van der Waals surface area contributed by atoms with Gasteiger partial charge >= 0.3 is 0 Å². The molecule has 0 saturated carbocycles. The van der Waals surface area contributed by atoms with Gasteiger partial charge in [-0.05, 0) is 19.6 Å². The van der Waals surface area contributed by atoms with Crippen LogP contribution in [0.3, 0.4) is 0 Å². The van der Waals surface area contributed by atoms with E-state index in [0.29, 0.717) is 5.76 Å². The van der Waals surface area contributed by atoms with E-state index in [0.717, 1.165) is 0 Å². The highest BCUT2D eigenvalue weighted by molar-refractivity contribution is 6.70. The molecule has 58 valence electrons. The second-order valence-electron chi connectivity index (χ2n) is 3.19. The van der Waals surface area contributed by atoms with Crippen LogP contribution >= 0.6 is 0 Å². The molecule has 10 heavy (non-hydrogen) atoms. The zero-order valence-electron chi connectivity index (χ0n) is 7.02. The summed E-state index contributed by atoms with van der Waals surface area (Å²) < 4.78 is 5.29. The molecule has 0 aliphatic rings. The lowest BCUT2D eigenvalue weighted by Gasteiger charge is -2.18. The molecule has 0 radical (unpaired) electrons. The first-order valence-corrected chi connectivity index (χ1v) is 6.62. The van der Waals surface area contributed by atoms with Crippen LogP contribution in [-0.4, -0.2) is 14.1 Å². The molecule has 0 aromatic rings. The molecule has 0 aromatic heterocycles. The fourth-order valence-electron chi connectivity index (χ4n) is 0.441. The Labute approximate surface area is 63.0 Å². The van der Waals surface area contributed by atoms with E-state index in [-0.39, 0.29) is 5.78 Å². The standard InChI is InChI=1S/C7H14O2Si/c1-6(8)7(2)9-10(3,4)5/h2H2,1,3-5H3. The first-order valence-electron chi connectivity index (χ1n) is 3.22. The van der Waals surface area contributed by atoms with E-state index in [1.54, 1.807) is 0 Å². The maximum absolute atomic E-state index is 10.6. The lowest BCUT2D eigenvalue weighted by Crippen LogP contribution is -2.26. The third kappa shape index (κ3) is 4.32. The van der Waals surface area contributed by atoms with Crippen LogP contribution in [-0.2, 0) is 9.22 Å². The monoisotopic (exact) mass is 158 g/mol. The normalized spacial score (nSPS) is 10.8. The van der Waals surface area contributed by atoms with Crippen LogP contribution in [0.1, 0.15) is 6.92 Å². The van der Waals surface area contributed by atoms with Crippen LogP contribution in [0.5, 0.6) is 0 Å². The number of Topliss-reactive ketones (excluding diaryl/α,β-unsaturated/α-hetero) is 1. The SMILES string of the molecule is C=C(O[Si](C)(C)C)C(C)=O. The third-order valence-electron chi connectivity index (χ3n) is 0.822. The maximum atomic E-state index is 10.6. The van der Waals surface area contributed by atoms with Gasteiger partial charge in [0.05, 0.1) is 0 Å². The summed E-state index contributed by atoms with van der Waals surface area (Å²) in [4.78, 5) is 10.6. The van der Waals surface area contributed by atoms with Crippen molar-refractivity contribution in [1.29, 1.82) is 0 Å². The van der Waals surface area contributed by atoms with Crippen molar-refractivity contribution in [3.05, 3.63) is 12.3 Å². The van der Waals surface area contributed by atoms with Gasteiger partial charge in [0.2, 0.25) is 8.32 Å². The molecule has 0 amide bonds. The van der Waals surface area contributed by atoms with Gasteiger partial charge in [0.15, 0.2) is 5.78 Å². The summed E-state index contributed by atoms with van der Waals surface area (Å²) in [6.45, 7) is 11.0. The quantitative estimate of drug-likeness (QED) is 0.356. The number of hydrogen-bond acceptors (Lipinski definition) is 2. The molecule has 0 N–H and O–H groups in total. The average molecular weight is 158 g/mol. The Morgan fingerprint density at radius 3 is 1.90 bits per heavy atom. The summed E-state index contributed by atoms with van der Waals surface area (Å²) in [5.74, 6) is 0.210. The first kappa shape index (κ1) is 9.43. The minimum atomic E-state index is -1.60. The van der Waals surface area contributed by atoms with E-state index in [9.17, 15) is 4.79 Å². The average Bonchev–Trinajstić information content (AvgIpc) is 1.60. The van der Waals surface area contributed by atoms with E-state index >= 15 is 0 Å². The summed E-state index contributed by atoms with van der Waals surface area (Å²) in [5.41, 5.74) is 0. The minimum Gasteiger partial charge on any atom is -0.542 e. The number of carbonyl (C=O) groups excluding carboxylic acids is 1. The summed E-state index contributed by atoms with van der Waals surface area (Å²) in [5, 5.41) is 0. The molecular weight excluding hydrogens is 144 g/mol. The van der Waals surface area contributed by atoms with Crippen molar-refractivity contribution in [2.45, 2.75) is 26.6 Å². The van der Waals surface area contributed by atoms with Crippen LogP contribution in [0.25, 0.3) is 0 Å². The molecule has 0 aliphatic heterocycles. The van der Waals surface area contributed by atoms with E-state index in [1.165, 1.54) is 6.92 Å². The van der Waals surface area contributed by atoms with E-state index in [1.807, 2.05) is 19.6 Å². The summed E-state index contributed by atoms with van der Waals surface area (Å²) in [6, 6.07) is 0. The Balaban J connectivity index is 3.93. The van der Waals surface area contributed by atoms with Gasteiger partial charge in [0.1, 0.15) is 5.76 Å². The van der Waals surface area contributed by atoms with Crippen molar-refractivity contribution in [3.63, 3.8) is 0 Å². The second kappa shape index (κ2) is 3.01.